The zero-order chi connectivity index (χ0) is 14.0. The summed E-state index contributed by atoms with van der Waals surface area (Å²) in [4.78, 5) is 25.6. The average molecular weight is 262 g/mol. The van der Waals surface area contributed by atoms with E-state index >= 15 is 0 Å². The van der Waals surface area contributed by atoms with Gasteiger partial charge in [-0.15, -0.1) is 5.10 Å². The number of methoxy groups -OCH3 is 1. The van der Waals surface area contributed by atoms with Crippen LogP contribution in [0.25, 0.3) is 5.69 Å². The van der Waals surface area contributed by atoms with Gasteiger partial charge in [0.2, 0.25) is 0 Å². The molecule has 2 aromatic rings. The van der Waals surface area contributed by atoms with Crippen molar-refractivity contribution in [3.63, 3.8) is 0 Å². The Bertz CT molecular complexity index is 650. The number of nitrogens with zero attached hydrogens (tertiary/aromatic N) is 4. The Labute approximate surface area is 107 Å². The molecule has 0 aliphatic heterocycles. The normalized spacial score (nSPS) is 10.2. The Morgan fingerprint density at radius 2 is 2.21 bits per heavy atom. The van der Waals surface area contributed by atoms with Gasteiger partial charge in [-0.2, -0.15) is 0 Å². The van der Waals surface area contributed by atoms with Gasteiger partial charge in [0.25, 0.3) is 11.5 Å². The summed E-state index contributed by atoms with van der Waals surface area (Å²) in [5.74, 6) is -0.854. The van der Waals surface area contributed by atoms with Crippen LogP contribution in [0.4, 0.5) is 5.69 Å². The van der Waals surface area contributed by atoms with Crippen molar-refractivity contribution >= 4 is 11.7 Å². The molecule has 0 aliphatic carbocycles. The van der Waals surface area contributed by atoms with Crippen LogP contribution in [0.3, 0.4) is 0 Å². The molecule has 0 spiro atoms. The summed E-state index contributed by atoms with van der Waals surface area (Å²) in [6.07, 6.45) is 1.23. The Morgan fingerprint density at radius 3 is 2.84 bits per heavy atom. The molecule has 19 heavy (non-hydrogen) atoms. The summed E-state index contributed by atoms with van der Waals surface area (Å²) < 4.78 is 5.65. The number of carbonyl (C=O) groups is 1. The van der Waals surface area contributed by atoms with Crippen LogP contribution in [0.5, 0.6) is 0 Å². The van der Waals surface area contributed by atoms with Crippen LogP contribution in [0.2, 0.25) is 0 Å². The van der Waals surface area contributed by atoms with Crippen molar-refractivity contribution < 1.29 is 14.5 Å². The SMILES string of the molecule is COC(=O)c1ncn(-c2cccc(C)c2[N+](=O)[O-])n1. The lowest BCUT2D eigenvalue weighted by molar-refractivity contribution is -0.385. The van der Waals surface area contributed by atoms with Gasteiger partial charge in [0.05, 0.1) is 12.0 Å². The molecule has 1 aromatic heterocycles. The van der Waals surface area contributed by atoms with Gasteiger partial charge in [-0.3, -0.25) is 10.1 Å². The Morgan fingerprint density at radius 1 is 1.47 bits per heavy atom. The van der Waals surface area contributed by atoms with E-state index in [1.807, 2.05) is 0 Å². The second kappa shape index (κ2) is 4.84. The molecule has 0 saturated heterocycles. The highest BCUT2D eigenvalue weighted by Crippen LogP contribution is 2.25. The van der Waals surface area contributed by atoms with Crippen molar-refractivity contribution in [3.8, 4) is 5.69 Å². The maximum absolute atomic E-state index is 11.2. The van der Waals surface area contributed by atoms with Crippen molar-refractivity contribution in [2.24, 2.45) is 0 Å². The first-order valence-electron chi connectivity index (χ1n) is 5.29. The number of carbonyl (C=O) groups excluding carboxylic acids is 1. The molecule has 0 bridgehead atoms. The fourth-order valence-corrected chi connectivity index (χ4v) is 1.63. The second-order valence-electron chi connectivity index (χ2n) is 3.70. The predicted octanol–water partition coefficient (Wildman–Crippen LogP) is 1.27. The molecule has 0 N–H and O–H groups in total. The molecule has 2 rings (SSSR count). The van der Waals surface area contributed by atoms with E-state index in [0.717, 1.165) is 0 Å². The van der Waals surface area contributed by atoms with Crippen LogP contribution in [0.1, 0.15) is 16.2 Å². The van der Waals surface area contributed by atoms with Crippen LogP contribution in [0, 0.1) is 17.0 Å². The van der Waals surface area contributed by atoms with Gasteiger partial charge in [0, 0.05) is 5.56 Å². The van der Waals surface area contributed by atoms with E-state index in [-0.39, 0.29) is 17.2 Å². The highest BCUT2D eigenvalue weighted by molar-refractivity contribution is 5.84. The van der Waals surface area contributed by atoms with Gasteiger partial charge in [0.1, 0.15) is 12.0 Å². The zero-order valence-electron chi connectivity index (χ0n) is 10.2. The molecular weight excluding hydrogens is 252 g/mol. The molecule has 1 aromatic carbocycles. The first-order valence-corrected chi connectivity index (χ1v) is 5.29. The maximum atomic E-state index is 11.2. The number of nitro groups is 1. The monoisotopic (exact) mass is 262 g/mol. The van der Waals surface area contributed by atoms with Gasteiger partial charge in [-0.1, -0.05) is 12.1 Å². The number of aryl methyl sites for hydroxylation is 1. The second-order valence-corrected chi connectivity index (χ2v) is 3.70. The third kappa shape index (κ3) is 2.28. The minimum atomic E-state index is -0.700. The van der Waals surface area contributed by atoms with E-state index < -0.39 is 10.9 Å². The lowest BCUT2D eigenvalue weighted by Crippen LogP contribution is -2.06. The van der Waals surface area contributed by atoms with Crippen LogP contribution in [-0.4, -0.2) is 32.8 Å². The average Bonchev–Trinajstić information content (AvgIpc) is 2.86. The summed E-state index contributed by atoms with van der Waals surface area (Å²) >= 11 is 0. The van der Waals surface area contributed by atoms with Gasteiger partial charge in [-0.25, -0.2) is 14.5 Å². The fourth-order valence-electron chi connectivity index (χ4n) is 1.63. The molecular formula is C11H10N4O4. The molecule has 1 heterocycles. The molecule has 0 fully saturated rings. The van der Waals surface area contributed by atoms with E-state index in [9.17, 15) is 14.9 Å². The third-order valence-electron chi connectivity index (χ3n) is 2.51. The lowest BCUT2D eigenvalue weighted by atomic mass is 10.2. The molecule has 0 amide bonds. The molecule has 8 nitrogen and oxygen atoms in total. The minimum Gasteiger partial charge on any atom is -0.463 e. The number of esters is 1. The summed E-state index contributed by atoms with van der Waals surface area (Å²) in [5.41, 5.74) is 0.661. The fraction of sp³-hybridized carbons (Fsp3) is 0.182. The number of nitro benzene ring substituents is 1. The van der Waals surface area contributed by atoms with Crippen molar-refractivity contribution in [2.45, 2.75) is 6.92 Å². The standard InChI is InChI=1S/C11H10N4O4/c1-7-4-3-5-8(9(7)15(17)18)14-6-12-10(13-14)11(16)19-2/h3-6H,1-2H3. The van der Waals surface area contributed by atoms with E-state index in [1.165, 1.54) is 24.2 Å². The molecule has 0 atom stereocenters. The van der Waals surface area contributed by atoms with E-state index in [0.29, 0.717) is 5.56 Å². The van der Waals surface area contributed by atoms with E-state index in [2.05, 4.69) is 14.8 Å². The summed E-state index contributed by atoms with van der Waals surface area (Å²) in [6, 6.07) is 4.82. The Hall–Kier alpha value is -2.77. The summed E-state index contributed by atoms with van der Waals surface area (Å²) in [6.45, 7) is 1.62. The summed E-state index contributed by atoms with van der Waals surface area (Å²) in [7, 11) is 1.21. The van der Waals surface area contributed by atoms with Crippen molar-refractivity contribution in [1.29, 1.82) is 0 Å². The minimum absolute atomic E-state index is 0.0798. The number of hydrogen-bond acceptors (Lipinski definition) is 6. The summed E-state index contributed by atoms with van der Waals surface area (Å²) in [5, 5.41) is 14.9. The van der Waals surface area contributed by atoms with Gasteiger partial charge >= 0.3 is 5.97 Å². The first kappa shape index (κ1) is 12.7. The van der Waals surface area contributed by atoms with E-state index in [1.54, 1.807) is 19.1 Å². The topological polar surface area (TPSA) is 100 Å². The van der Waals surface area contributed by atoms with Crippen molar-refractivity contribution in [1.82, 2.24) is 14.8 Å². The van der Waals surface area contributed by atoms with Gasteiger partial charge < -0.3 is 4.74 Å². The number of hydrogen-bond donors (Lipinski definition) is 0. The maximum Gasteiger partial charge on any atom is 0.377 e. The number of para-hydroxylation sites is 1. The van der Waals surface area contributed by atoms with Crippen LogP contribution >= 0.6 is 0 Å². The van der Waals surface area contributed by atoms with E-state index in [4.69, 9.17) is 0 Å². The van der Waals surface area contributed by atoms with Crippen molar-refractivity contribution in [3.05, 3.63) is 46.0 Å². The van der Waals surface area contributed by atoms with Gasteiger partial charge in [0.15, 0.2) is 0 Å². The molecule has 98 valence electrons. The molecule has 0 saturated carbocycles. The Kier molecular flexibility index (Phi) is 3.23. The third-order valence-corrected chi connectivity index (χ3v) is 2.51. The molecule has 0 unspecified atom stereocenters. The molecule has 8 heteroatoms. The lowest BCUT2D eigenvalue weighted by Gasteiger charge is -2.03. The largest absolute Gasteiger partial charge is 0.463 e. The smallest absolute Gasteiger partial charge is 0.377 e. The highest BCUT2D eigenvalue weighted by Gasteiger charge is 2.20. The number of rotatable bonds is 3. The quantitative estimate of drug-likeness (QED) is 0.469. The van der Waals surface area contributed by atoms with Crippen LogP contribution in [0.15, 0.2) is 24.5 Å². The van der Waals surface area contributed by atoms with Crippen LogP contribution < -0.4 is 0 Å². The van der Waals surface area contributed by atoms with Gasteiger partial charge in [-0.05, 0) is 13.0 Å². The van der Waals surface area contributed by atoms with Crippen molar-refractivity contribution in [2.75, 3.05) is 7.11 Å². The highest BCUT2D eigenvalue weighted by atomic mass is 16.6. The Balaban J connectivity index is 2.53. The molecule has 0 radical (unpaired) electrons. The zero-order valence-corrected chi connectivity index (χ0v) is 10.2. The predicted molar refractivity (Wildman–Crippen MR) is 64.1 cm³/mol. The first-order chi connectivity index (χ1) is 9.04. The van der Waals surface area contributed by atoms with Crippen LogP contribution in [-0.2, 0) is 4.74 Å². The molecule has 0 aliphatic rings. The number of ether oxygens (including phenoxy) is 1. The number of aromatic nitrogens is 3. The number of benzene rings is 1.